The highest BCUT2D eigenvalue weighted by Gasteiger charge is 2.25. The summed E-state index contributed by atoms with van der Waals surface area (Å²) < 4.78 is 23.4. The zero-order chi connectivity index (χ0) is 11.1. The zero-order valence-electron chi connectivity index (χ0n) is 7.97. The third kappa shape index (κ3) is 1.71. The van der Waals surface area contributed by atoms with Gasteiger partial charge in [0, 0.05) is 17.7 Å². The number of rotatable bonds is 2. The molecule has 1 aromatic rings. The molecule has 0 unspecified atom stereocenters. The number of fused-ring (bicyclic) bond motifs is 1. The molecule has 1 heterocycles. The van der Waals surface area contributed by atoms with Gasteiger partial charge < -0.3 is 5.73 Å². The number of hydrogen-bond donors (Lipinski definition) is 2. The Kier molecular flexibility index (Phi) is 2.62. The minimum Gasteiger partial charge on any atom is -0.326 e. The molecule has 15 heavy (non-hydrogen) atoms. The maximum atomic E-state index is 11.7. The fourth-order valence-corrected chi connectivity index (χ4v) is 3.49. The second-order valence-corrected chi connectivity index (χ2v) is 5.46. The van der Waals surface area contributed by atoms with Gasteiger partial charge in [-0.1, -0.05) is 6.07 Å². The second-order valence-electron chi connectivity index (χ2n) is 3.38. The summed E-state index contributed by atoms with van der Waals surface area (Å²) in [7, 11) is -3.24. The molecule has 0 aromatic heterocycles. The van der Waals surface area contributed by atoms with Crippen molar-refractivity contribution in [2.75, 3.05) is 5.75 Å². The van der Waals surface area contributed by atoms with Gasteiger partial charge in [-0.05, 0) is 28.8 Å². The second kappa shape index (κ2) is 3.66. The Labute approximate surface area is 94.3 Å². The van der Waals surface area contributed by atoms with Gasteiger partial charge in [0.15, 0.2) is 0 Å². The van der Waals surface area contributed by atoms with Gasteiger partial charge in [-0.2, -0.15) is 12.6 Å². The van der Waals surface area contributed by atoms with E-state index in [1.54, 1.807) is 12.1 Å². The van der Waals surface area contributed by atoms with Crippen molar-refractivity contribution in [3.05, 3.63) is 34.7 Å². The van der Waals surface area contributed by atoms with E-state index in [1.165, 1.54) is 5.41 Å². The zero-order valence-corrected chi connectivity index (χ0v) is 9.68. The number of sulfone groups is 1. The van der Waals surface area contributed by atoms with Crippen molar-refractivity contribution in [3.63, 3.8) is 0 Å². The normalized spacial score (nSPS) is 17.3. The molecule has 5 heteroatoms. The molecular weight excluding hydrogens is 230 g/mol. The summed E-state index contributed by atoms with van der Waals surface area (Å²) in [5.41, 5.74) is 7.92. The first kappa shape index (κ1) is 10.7. The van der Waals surface area contributed by atoms with Crippen molar-refractivity contribution in [2.45, 2.75) is 11.4 Å². The van der Waals surface area contributed by atoms with Crippen molar-refractivity contribution in [3.8, 4) is 0 Å². The minimum absolute atomic E-state index is 0.365. The van der Waals surface area contributed by atoms with Crippen LogP contribution in [0.3, 0.4) is 0 Å². The molecule has 80 valence electrons. The van der Waals surface area contributed by atoms with Crippen LogP contribution in [-0.4, -0.2) is 14.2 Å². The Balaban J connectivity index is 2.68. The van der Waals surface area contributed by atoms with Crippen LogP contribution in [-0.2, 0) is 16.4 Å². The Morgan fingerprint density at radius 3 is 2.67 bits per heavy atom. The molecule has 0 amide bonds. The Morgan fingerprint density at radius 1 is 1.33 bits per heavy atom. The van der Waals surface area contributed by atoms with Gasteiger partial charge in [0.05, 0.1) is 4.90 Å². The summed E-state index contributed by atoms with van der Waals surface area (Å²) in [5.74, 6) is 0.417. The van der Waals surface area contributed by atoms with E-state index in [9.17, 15) is 8.42 Å². The van der Waals surface area contributed by atoms with Gasteiger partial charge in [0.2, 0.25) is 9.84 Å². The van der Waals surface area contributed by atoms with Crippen LogP contribution in [0.1, 0.15) is 11.1 Å². The monoisotopic (exact) mass is 241 g/mol. The predicted octanol–water partition coefficient (Wildman–Crippen LogP) is 1.20. The van der Waals surface area contributed by atoms with Crippen molar-refractivity contribution in [2.24, 2.45) is 5.73 Å². The average Bonchev–Trinajstić information content (AvgIpc) is 2.50. The van der Waals surface area contributed by atoms with Crippen molar-refractivity contribution in [1.82, 2.24) is 0 Å². The van der Waals surface area contributed by atoms with Gasteiger partial charge in [-0.3, -0.25) is 0 Å². The molecule has 2 rings (SSSR count). The van der Waals surface area contributed by atoms with Crippen LogP contribution in [0.15, 0.2) is 28.5 Å². The maximum Gasteiger partial charge on any atom is 0.200 e. The van der Waals surface area contributed by atoms with E-state index in [0.717, 1.165) is 16.7 Å². The summed E-state index contributed by atoms with van der Waals surface area (Å²) in [6.45, 7) is 0.410. The summed E-state index contributed by atoms with van der Waals surface area (Å²) in [4.78, 5) is 0.365. The highest BCUT2D eigenvalue weighted by molar-refractivity contribution is 7.95. The van der Waals surface area contributed by atoms with Crippen LogP contribution < -0.4 is 5.73 Å². The lowest BCUT2D eigenvalue weighted by atomic mass is 10.1. The van der Waals surface area contributed by atoms with Crippen molar-refractivity contribution < 1.29 is 8.42 Å². The molecule has 0 radical (unpaired) electrons. The molecule has 1 aromatic carbocycles. The molecular formula is C10H11NO2S2. The van der Waals surface area contributed by atoms with Crippen LogP contribution in [0.5, 0.6) is 0 Å². The van der Waals surface area contributed by atoms with E-state index in [4.69, 9.17) is 5.73 Å². The van der Waals surface area contributed by atoms with Gasteiger partial charge in [0.1, 0.15) is 0 Å². The standard InChI is InChI=1S/C10H11NO2S2/c11-4-7-1-2-10-9(3-7)8(5-14)6-15(10,12)13/h1-3,6,14H,4-5,11H2. The third-order valence-corrected chi connectivity index (χ3v) is 4.30. The van der Waals surface area contributed by atoms with Gasteiger partial charge in [-0.25, -0.2) is 8.42 Å². The van der Waals surface area contributed by atoms with E-state index in [1.807, 2.05) is 6.07 Å². The summed E-state index contributed by atoms with van der Waals surface area (Å²) >= 11 is 4.12. The van der Waals surface area contributed by atoms with Crippen LogP contribution in [0.2, 0.25) is 0 Å². The smallest absolute Gasteiger partial charge is 0.200 e. The molecule has 0 saturated carbocycles. The average molecular weight is 241 g/mol. The first-order chi connectivity index (χ1) is 7.08. The lowest BCUT2D eigenvalue weighted by Gasteiger charge is -2.04. The first-order valence-corrected chi connectivity index (χ1v) is 6.66. The Morgan fingerprint density at radius 2 is 2.07 bits per heavy atom. The molecule has 0 fully saturated rings. The van der Waals surface area contributed by atoms with E-state index >= 15 is 0 Å². The third-order valence-electron chi connectivity index (χ3n) is 2.40. The number of thiol groups is 1. The Hall–Kier alpha value is -0.780. The maximum absolute atomic E-state index is 11.7. The topological polar surface area (TPSA) is 60.2 Å². The molecule has 0 atom stereocenters. The molecule has 2 N–H and O–H groups in total. The van der Waals surface area contributed by atoms with Crippen molar-refractivity contribution in [1.29, 1.82) is 0 Å². The molecule has 0 spiro atoms. The van der Waals surface area contributed by atoms with E-state index < -0.39 is 9.84 Å². The minimum atomic E-state index is -3.24. The van der Waals surface area contributed by atoms with E-state index in [0.29, 0.717) is 17.2 Å². The number of hydrogen-bond acceptors (Lipinski definition) is 4. The highest BCUT2D eigenvalue weighted by Crippen LogP contribution is 2.34. The molecule has 0 bridgehead atoms. The van der Waals surface area contributed by atoms with Crippen LogP contribution in [0.25, 0.3) is 5.57 Å². The summed E-state index contributed by atoms with van der Waals surface area (Å²) in [6, 6.07) is 5.17. The molecule has 0 aliphatic carbocycles. The lowest BCUT2D eigenvalue weighted by molar-refractivity contribution is 0.605. The fraction of sp³-hybridized carbons (Fsp3) is 0.200. The van der Waals surface area contributed by atoms with Gasteiger partial charge in [0.25, 0.3) is 0 Å². The molecule has 3 nitrogen and oxygen atoms in total. The summed E-state index contributed by atoms with van der Waals surface area (Å²) in [5, 5.41) is 1.28. The fourth-order valence-electron chi connectivity index (χ4n) is 1.64. The van der Waals surface area contributed by atoms with Gasteiger partial charge in [-0.15, -0.1) is 0 Å². The highest BCUT2D eigenvalue weighted by atomic mass is 32.2. The van der Waals surface area contributed by atoms with E-state index in [-0.39, 0.29) is 0 Å². The molecule has 1 aliphatic heterocycles. The molecule has 0 saturated heterocycles. The van der Waals surface area contributed by atoms with Crippen LogP contribution in [0.4, 0.5) is 0 Å². The van der Waals surface area contributed by atoms with Gasteiger partial charge >= 0.3 is 0 Å². The summed E-state index contributed by atoms with van der Waals surface area (Å²) in [6.07, 6.45) is 0. The van der Waals surface area contributed by atoms with Crippen LogP contribution in [0, 0.1) is 0 Å². The largest absolute Gasteiger partial charge is 0.326 e. The van der Waals surface area contributed by atoms with Crippen LogP contribution >= 0.6 is 12.6 Å². The number of benzene rings is 1. The molecule has 1 aliphatic rings. The predicted molar refractivity (Wildman–Crippen MR) is 63.3 cm³/mol. The SMILES string of the molecule is NCc1ccc2c(c1)C(CS)=CS2(=O)=O. The van der Waals surface area contributed by atoms with Crippen molar-refractivity contribution >= 4 is 28.0 Å². The van der Waals surface area contributed by atoms with E-state index in [2.05, 4.69) is 12.6 Å². The Bertz CT molecular complexity index is 532. The number of nitrogens with two attached hydrogens (primary N) is 1. The first-order valence-electron chi connectivity index (χ1n) is 4.48. The lowest BCUT2D eigenvalue weighted by Crippen LogP contribution is -1.99. The quantitative estimate of drug-likeness (QED) is 0.765.